The van der Waals surface area contributed by atoms with E-state index in [1.807, 2.05) is 9.80 Å². The average Bonchev–Trinajstić information content (AvgIpc) is 3.05. The molecule has 276 valence electrons. The molecule has 2 amide bonds. The van der Waals surface area contributed by atoms with Crippen molar-refractivity contribution < 1.29 is 29.3 Å². The molecule has 3 N–H and O–H groups in total. The summed E-state index contributed by atoms with van der Waals surface area (Å²) in [6, 6.07) is 0.652. The Kier molecular flexibility index (Phi) is 26.9. The first-order valence-corrected chi connectivity index (χ1v) is 19.5. The number of aliphatic hydroxyl groups excluding tert-OH is 2. The third-order valence-electron chi connectivity index (χ3n) is 9.79. The number of nitrogens with one attached hydrogen (secondary N) is 1. The minimum atomic E-state index is -0.105. The zero-order valence-corrected chi connectivity index (χ0v) is 30.7. The summed E-state index contributed by atoms with van der Waals surface area (Å²) < 4.78 is 5.41. The Hall–Kier alpha value is -1.71. The molecule has 0 aromatic heterocycles. The van der Waals surface area contributed by atoms with Gasteiger partial charge in [-0.05, 0) is 59.3 Å². The number of hydrogen-bond acceptors (Lipinski definition) is 7. The molecule has 9 heteroatoms. The van der Waals surface area contributed by atoms with Crippen molar-refractivity contribution in [3.63, 3.8) is 0 Å². The summed E-state index contributed by atoms with van der Waals surface area (Å²) in [5.74, 6) is 0.195. The van der Waals surface area contributed by atoms with E-state index >= 15 is 0 Å². The monoisotopic (exact) mass is 668 g/mol. The second-order valence-electron chi connectivity index (χ2n) is 14.0. The lowest BCUT2D eigenvalue weighted by Crippen LogP contribution is -2.40. The first kappa shape index (κ1) is 43.3. The quantitative estimate of drug-likeness (QED) is 0.279. The lowest BCUT2D eigenvalue weighted by Gasteiger charge is -2.29. The van der Waals surface area contributed by atoms with Gasteiger partial charge >= 0.3 is 5.97 Å². The van der Waals surface area contributed by atoms with Crippen LogP contribution in [0.3, 0.4) is 0 Å². The zero-order chi connectivity index (χ0) is 34.5. The summed E-state index contributed by atoms with van der Waals surface area (Å²) >= 11 is 0. The van der Waals surface area contributed by atoms with Gasteiger partial charge in [-0.2, -0.15) is 0 Å². The third kappa shape index (κ3) is 22.5. The van der Waals surface area contributed by atoms with Crippen LogP contribution in [0.4, 0.5) is 0 Å². The van der Waals surface area contributed by atoms with Gasteiger partial charge in [-0.15, -0.1) is 0 Å². The number of esters is 1. The van der Waals surface area contributed by atoms with E-state index in [0.29, 0.717) is 51.5 Å². The minimum Gasteiger partial charge on any atom is -0.464 e. The number of aliphatic hydroxyl groups is 2. The highest BCUT2D eigenvalue weighted by Crippen LogP contribution is 2.18. The van der Waals surface area contributed by atoms with Crippen LogP contribution in [0.1, 0.15) is 168 Å². The largest absolute Gasteiger partial charge is 0.464 e. The summed E-state index contributed by atoms with van der Waals surface area (Å²) in [5, 5.41) is 22.6. The van der Waals surface area contributed by atoms with Crippen LogP contribution >= 0.6 is 0 Å². The molecule has 1 aliphatic rings. The molecule has 3 unspecified atom stereocenters. The fourth-order valence-electron chi connectivity index (χ4n) is 6.74. The number of cyclic esters (lactones) is 1. The highest BCUT2D eigenvalue weighted by atomic mass is 16.5. The molecule has 0 bridgehead atoms. The van der Waals surface area contributed by atoms with Gasteiger partial charge in [-0.25, -0.2) is 0 Å². The Morgan fingerprint density at radius 3 is 1.40 bits per heavy atom. The topological polar surface area (TPSA) is 119 Å². The molecular weight excluding hydrogens is 594 g/mol. The number of β-amino-alcohol motifs (C(OH)–C–C–N with tert-alkyl or cyclic N) is 2. The first-order chi connectivity index (χ1) is 22.8. The smallest absolute Gasteiger partial charge is 0.305 e. The third-order valence-corrected chi connectivity index (χ3v) is 9.79. The van der Waals surface area contributed by atoms with E-state index in [1.54, 1.807) is 0 Å². The maximum atomic E-state index is 13.0. The maximum Gasteiger partial charge on any atom is 0.305 e. The van der Waals surface area contributed by atoms with Crippen molar-refractivity contribution in [2.45, 2.75) is 187 Å². The molecule has 1 aliphatic heterocycles. The van der Waals surface area contributed by atoms with Gasteiger partial charge in [0, 0.05) is 57.0 Å². The molecule has 0 saturated carbocycles. The zero-order valence-electron chi connectivity index (χ0n) is 30.7. The van der Waals surface area contributed by atoms with Crippen molar-refractivity contribution in [1.82, 2.24) is 15.1 Å². The molecule has 0 spiro atoms. The number of hydrogen-bond donors (Lipinski definition) is 3. The lowest BCUT2D eigenvalue weighted by molar-refractivity contribution is -0.143. The highest BCUT2D eigenvalue weighted by Gasteiger charge is 2.20. The lowest BCUT2D eigenvalue weighted by atomic mass is 10.0. The molecule has 1 saturated heterocycles. The Morgan fingerprint density at radius 1 is 0.574 bits per heavy atom. The van der Waals surface area contributed by atoms with Crippen LogP contribution in [0.2, 0.25) is 0 Å². The van der Waals surface area contributed by atoms with E-state index in [0.717, 1.165) is 109 Å². The molecule has 0 aromatic carbocycles. The van der Waals surface area contributed by atoms with Gasteiger partial charge in [0.2, 0.25) is 11.8 Å². The predicted molar refractivity (Wildman–Crippen MR) is 191 cm³/mol. The van der Waals surface area contributed by atoms with Gasteiger partial charge in [0.1, 0.15) is 6.61 Å². The van der Waals surface area contributed by atoms with Crippen molar-refractivity contribution >= 4 is 17.8 Å². The van der Waals surface area contributed by atoms with E-state index in [-0.39, 0.29) is 43.1 Å². The normalized spacial score (nSPS) is 25.8. The van der Waals surface area contributed by atoms with E-state index in [4.69, 9.17) is 4.74 Å². The van der Waals surface area contributed by atoms with Gasteiger partial charge < -0.3 is 30.1 Å². The Morgan fingerprint density at radius 2 is 0.957 bits per heavy atom. The summed E-state index contributed by atoms with van der Waals surface area (Å²) in [7, 11) is 0. The van der Waals surface area contributed by atoms with Gasteiger partial charge in [-0.1, -0.05) is 89.9 Å². The second kappa shape index (κ2) is 29.2. The molecule has 1 rings (SSSR count). The summed E-state index contributed by atoms with van der Waals surface area (Å²) in [4.78, 5) is 41.8. The van der Waals surface area contributed by atoms with Crippen LogP contribution in [0.25, 0.3) is 0 Å². The van der Waals surface area contributed by atoms with Gasteiger partial charge in [0.05, 0.1) is 13.2 Å². The van der Waals surface area contributed by atoms with Crippen molar-refractivity contribution in [3.05, 3.63) is 0 Å². The predicted octanol–water partition coefficient (Wildman–Crippen LogP) is 6.91. The van der Waals surface area contributed by atoms with Crippen molar-refractivity contribution in [1.29, 1.82) is 0 Å². The molecule has 9 nitrogen and oxygen atoms in total. The van der Waals surface area contributed by atoms with Crippen molar-refractivity contribution in [2.75, 3.05) is 39.5 Å². The van der Waals surface area contributed by atoms with Crippen LogP contribution in [0.15, 0.2) is 0 Å². The van der Waals surface area contributed by atoms with Crippen molar-refractivity contribution in [2.24, 2.45) is 0 Å². The van der Waals surface area contributed by atoms with Gasteiger partial charge in [-0.3, -0.25) is 14.4 Å². The van der Waals surface area contributed by atoms with Crippen LogP contribution in [-0.4, -0.2) is 95.4 Å². The molecule has 3 atom stereocenters. The second-order valence-corrected chi connectivity index (χ2v) is 14.0. The van der Waals surface area contributed by atoms with E-state index in [2.05, 4.69) is 26.1 Å². The Balaban J connectivity index is 2.56. The van der Waals surface area contributed by atoms with E-state index in [1.165, 1.54) is 19.3 Å². The summed E-state index contributed by atoms with van der Waals surface area (Å²) in [6.45, 7) is 8.27. The number of nitrogens with zero attached hydrogens (tertiary/aromatic N) is 2. The molecule has 0 aromatic rings. The first-order valence-electron chi connectivity index (χ1n) is 19.5. The van der Waals surface area contributed by atoms with Gasteiger partial charge in [0.25, 0.3) is 0 Å². The van der Waals surface area contributed by atoms with Crippen LogP contribution < -0.4 is 5.32 Å². The van der Waals surface area contributed by atoms with Crippen LogP contribution in [0.5, 0.6) is 0 Å². The Bertz CT molecular complexity index is 797. The highest BCUT2D eigenvalue weighted by molar-refractivity contribution is 5.76. The molecule has 47 heavy (non-hydrogen) atoms. The molecule has 1 heterocycles. The van der Waals surface area contributed by atoms with Crippen LogP contribution in [0, 0.1) is 0 Å². The average molecular weight is 668 g/mol. The molecular formula is C38H73N3O6. The Labute approximate surface area is 287 Å². The fourth-order valence-corrected chi connectivity index (χ4v) is 6.74. The standard InChI is InChI=1S/C38H73N3O6/c1-33-21-15-9-4-6-12-18-24-36(44)41(29-31-43)35(3)23-17-11-8-13-19-25-37(45)40(28-30-42)34(2)22-16-10-5-7-14-20-26-38(46)47-32-27-39-33/h33-35,39,42-43H,4-32H2,1-3H3. The van der Waals surface area contributed by atoms with Gasteiger partial charge in [0.15, 0.2) is 0 Å². The molecule has 1 fully saturated rings. The summed E-state index contributed by atoms with van der Waals surface area (Å²) in [5.41, 5.74) is 0. The minimum absolute atomic E-state index is 0.00550. The number of ether oxygens (including phenoxy) is 1. The number of amides is 2. The van der Waals surface area contributed by atoms with Crippen LogP contribution in [-0.2, 0) is 19.1 Å². The number of rotatable bonds is 4. The molecule has 0 radical (unpaired) electrons. The molecule has 0 aliphatic carbocycles. The van der Waals surface area contributed by atoms with Crippen molar-refractivity contribution in [3.8, 4) is 0 Å². The number of carbonyl (C=O) groups excluding carboxylic acids is 3. The van der Waals surface area contributed by atoms with E-state index in [9.17, 15) is 24.6 Å². The number of carbonyl (C=O) groups is 3. The maximum absolute atomic E-state index is 13.0. The summed E-state index contributed by atoms with van der Waals surface area (Å²) in [6.07, 6.45) is 22.6. The fraction of sp³-hybridized carbons (Fsp3) is 0.921. The van der Waals surface area contributed by atoms with E-state index < -0.39 is 0 Å². The SMILES string of the molecule is CC1CCCCCCCCC(=O)N(CCO)C(C)CCCCCCCC(=O)N(CCO)C(C)CCCCCCCCC(=O)OCCN1.